The SMILES string of the molecule is C[N+](C)(C)CN1CCC2(CC1)CNC(=O)C2. The lowest BCUT2D eigenvalue weighted by Gasteiger charge is -2.40. The molecule has 0 aliphatic carbocycles. The van der Waals surface area contributed by atoms with Gasteiger partial charge >= 0.3 is 0 Å². The van der Waals surface area contributed by atoms with Gasteiger partial charge in [0, 0.05) is 26.1 Å². The first-order chi connectivity index (χ1) is 7.39. The number of amides is 1. The highest BCUT2D eigenvalue weighted by atomic mass is 16.1. The summed E-state index contributed by atoms with van der Waals surface area (Å²) >= 11 is 0. The molecule has 2 aliphatic rings. The number of nitrogens with zero attached hydrogens (tertiary/aromatic N) is 2. The summed E-state index contributed by atoms with van der Waals surface area (Å²) in [6.07, 6.45) is 3.10. The lowest BCUT2D eigenvalue weighted by atomic mass is 9.78. The Bertz CT molecular complexity index is 274. The highest BCUT2D eigenvalue weighted by molar-refractivity contribution is 5.79. The van der Waals surface area contributed by atoms with Crippen LogP contribution >= 0.6 is 0 Å². The average molecular weight is 226 g/mol. The Kier molecular flexibility index (Phi) is 2.97. The third kappa shape index (κ3) is 2.74. The normalized spacial score (nSPS) is 26.1. The molecule has 0 aromatic heterocycles. The highest BCUT2D eigenvalue weighted by Crippen LogP contribution is 2.37. The van der Waals surface area contributed by atoms with Crippen molar-refractivity contribution in [2.75, 3.05) is 47.4 Å². The number of carbonyl (C=O) groups is 1. The Hall–Kier alpha value is -0.610. The minimum absolute atomic E-state index is 0.250. The summed E-state index contributed by atoms with van der Waals surface area (Å²) in [6, 6.07) is 0. The molecule has 2 rings (SSSR count). The van der Waals surface area contributed by atoms with Gasteiger partial charge in [-0.05, 0) is 18.3 Å². The van der Waals surface area contributed by atoms with Crippen molar-refractivity contribution in [3.63, 3.8) is 0 Å². The van der Waals surface area contributed by atoms with Crippen molar-refractivity contribution in [1.82, 2.24) is 10.2 Å². The largest absolute Gasteiger partial charge is 0.356 e. The van der Waals surface area contributed by atoms with Crippen LogP contribution in [0.2, 0.25) is 0 Å². The molecule has 1 N–H and O–H groups in total. The zero-order valence-electron chi connectivity index (χ0n) is 10.8. The van der Waals surface area contributed by atoms with Gasteiger partial charge in [-0.2, -0.15) is 0 Å². The second-order valence-corrected chi connectivity index (χ2v) is 6.50. The van der Waals surface area contributed by atoms with Crippen LogP contribution in [-0.2, 0) is 4.79 Å². The van der Waals surface area contributed by atoms with Crippen LogP contribution < -0.4 is 5.32 Å². The van der Waals surface area contributed by atoms with E-state index in [4.69, 9.17) is 0 Å². The summed E-state index contributed by atoms with van der Waals surface area (Å²) < 4.78 is 0.990. The van der Waals surface area contributed by atoms with Crippen LogP contribution in [0.3, 0.4) is 0 Å². The van der Waals surface area contributed by atoms with Crippen LogP contribution in [0.4, 0.5) is 0 Å². The van der Waals surface area contributed by atoms with Crippen molar-refractivity contribution < 1.29 is 9.28 Å². The molecule has 16 heavy (non-hydrogen) atoms. The van der Waals surface area contributed by atoms with Crippen LogP contribution in [0.1, 0.15) is 19.3 Å². The predicted molar refractivity (Wildman–Crippen MR) is 63.8 cm³/mol. The van der Waals surface area contributed by atoms with Crippen LogP contribution in [0.25, 0.3) is 0 Å². The van der Waals surface area contributed by atoms with E-state index in [1.165, 1.54) is 12.8 Å². The molecule has 2 aliphatic heterocycles. The zero-order valence-corrected chi connectivity index (χ0v) is 10.8. The van der Waals surface area contributed by atoms with E-state index >= 15 is 0 Å². The van der Waals surface area contributed by atoms with E-state index in [-0.39, 0.29) is 5.91 Å². The Morgan fingerprint density at radius 2 is 1.94 bits per heavy atom. The van der Waals surface area contributed by atoms with Gasteiger partial charge in [0.05, 0.1) is 21.1 Å². The second kappa shape index (κ2) is 4.00. The molecule has 4 nitrogen and oxygen atoms in total. The molecule has 1 spiro atoms. The fourth-order valence-electron chi connectivity index (χ4n) is 2.87. The van der Waals surface area contributed by atoms with Crippen LogP contribution in [0, 0.1) is 5.41 Å². The summed E-state index contributed by atoms with van der Waals surface area (Å²) in [5.41, 5.74) is 0.290. The number of carbonyl (C=O) groups excluding carboxylic acids is 1. The predicted octanol–water partition coefficient (Wildman–Crippen LogP) is 0.252. The van der Waals surface area contributed by atoms with Gasteiger partial charge in [0.2, 0.25) is 5.91 Å². The monoisotopic (exact) mass is 226 g/mol. The van der Waals surface area contributed by atoms with Crippen LogP contribution in [0.15, 0.2) is 0 Å². The number of quaternary nitrogens is 1. The van der Waals surface area contributed by atoms with E-state index in [0.29, 0.717) is 5.41 Å². The van der Waals surface area contributed by atoms with Crippen molar-refractivity contribution in [2.45, 2.75) is 19.3 Å². The van der Waals surface area contributed by atoms with E-state index in [9.17, 15) is 4.79 Å². The molecule has 4 heteroatoms. The van der Waals surface area contributed by atoms with Gasteiger partial charge < -0.3 is 9.80 Å². The summed E-state index contributed by atoms with van der Waals surface area (Å²) in [4.78, 5) is 13.8. The average Bonchev–Trinajstić information content (AvgIpc) is 2.51. The number of hydrogen-bond acceptors (Lipinski definition) is 2. The number of rotatable bonds is 2. The van der Waals surface area contributed by atoms with E-state index in [1.807, 2.05) is 0 Å². The lowest BCUT2D eigenvalue weighted by molar-refractivity contribution is -0.881. The standard InChI is InChI=1S/C12H23N3O/c1-15(2,3)10-14-6-4-12(5-7-14)8-11(16)13-9-12/h4-10H2,1-3H3/p+1. The second-order valence-electron chi connectivity index (χ2n) is 6.50. The van der Waals surface area contributed by atoms with E-state index in [1.54, 1.807) is 0 Å². The van der Waals surface area contributed by atoms with Gasteiger partial charge in [-0.3, -0.25) is 9.69 Å². The van der Waals surface area contributed by atoms with Crippen LogP contribution in [0.5, 0.6) is 0 Å². The third-order valence-corrected chi connectivity index (χ3v) is 3.74. The minimum atomic E-state index is 0.250. The fraction of sp³-hybridized carbons (Fsp3) is 0.917. The van der Waals surface area contributed by atoms with Gasteiger partial charge in [-0.1, -0.05) is 0 Å². The number of piperidine rings is 1. The molecule has 0 radical (unpaired) electrons. The third-order valence-electron chi connectivity index (χ3n) is 3.74. The number of likely N-dealkylation sites (tertiary alicyclic amines) is 1. The molecule has 0 aromatic carbocycles. The maximum absolute atomic E-state index is 11.3. The molecule has 92 valence electrons. The maximum atomic E-state index is 11.3. The van der Waals surface area contributed by atoms with Crippen molar-refractivity contribution in [3.8, 4) is 0 Å². The summed E-state index contributed by atoms with van der Waals surface area (Å²) in [5.74, 6) is 0.250. The van der Waals surface area contributed by atoms with Crippen molar-refractivity contribution in [3.05, 3.63) is 0 Å². The van der Waals surface area contributed by atoms with E-state index < -0.39 is 0 Å². The van der Waals surface area contributed by atoms with Crippen molar-refractivity contribution >= 4 is 5.91 Å². The van der Waals surface area contributed by atoms with E-state index in [2.05, 4.69) is 31.4 Å². The van der Waals surface area contributed by atoms with Crippen molar-refractivity contribution in [1.29, 1.82) is 0 Å². The lowest BCUT2D eigenvalue weighted by Crippen LogP contribution is -2.50. The minimum Gasteiger partial charge on any atom is -0.356 e. The molecule has 0 atom stereocenters. The molecule has 2 heterocycles. The maximum Gasteiger partial charge on any atom is 0.220 e. The molecular weight excluding hydrogens is 202 g/mol. The summed E-state index contributed by atoms with van der Waals surface area (Å²) in [6.45, 7) is 4.30. The molecule has 2 saturated heterocycles. The fourth-order valence-corrected chi connectivity index (χ4v) is 2.87. The van der Waals surface area contributed by atoms with Gasteiger partial charge in [0.25, 0.3) is 0 Å². The van der Waals surface area contributed by atoms with Crippen molar-refractivity contribution in [2.24, 2.45) is 5.41 Å². The van der Waals surface area contributed by atoms with Gasteiger partial charge in [0.15, 0.2) is 0 Å². The van der Waals surface area contributed by atoms with Gasteiger partial charge in [0.1, 0.15) is 6.67 Å². The Labute approximate surface area is 98.2 Å². The molecule has 2 fully saturated rings. The Morgan fingerprint density at radius 3 is 2.38 bits per heavy atom. The quantitative estimate of drug-likeness (QED) is 0.685. The van der Waals surface area contributed by atoms with Crippen LogP contribution in [-0.4, -0.2) is 62.7 Å². The zero-order chi connectivity index (χ0) is 11.8. The first kappa shape index (κ1) is 11.9. The Balaban J connectivity index is 1.85. The summed E-state index contributed by atoms with van der Waals surface area (Å²) in [7, 11) is 6.68. The highest BCUT2D eigenvalue weighted by Gasteiger charge is 2.41. The molecular formula is C12H24N3O+. The molecule has 0 unspecified atom stereocenters. The molecule has 0 aromatic rings. The first-order valence-corrected chi connectivity index (χ1v) is 6.18. The van der Waals surface area contributed by atoms with Gasteiger partial charge in [-0.15, -0.1) is 0 Å². The molecule has 0 bridgehead atoms. The molecule has 0 saturated carbocycles. The number of hydrogen-bond donors (Lipinski definition) is 1. The van der Waals surface area contributed by atoms with E-state index in [0.717, 1.165) is 37.2 Å². The smallest absolute Gasteiger partial charge is 0.220 e. The topological polar surface area (TPSA) is 32.3 Å². The summed E-state index contributed by atoms with van der Waals surface area (Å²) in [5, 5.41) is 2.98. The number of nitrogens with one attached hydrogen (secondary N) is 1. The molecule has 1 amide bonds. The first-order valence-electron chi connectivity index (χ1n) is 6.18. The Morgan fingerprint density at radius 1 is 1.31 bits per heavy atom. The van der Waals surface area contributed by atoms with Gasteiger partial charge in [-0.25, -0.2) is 0 Å².